The summed E-state index contributed by atoms with van der Waals surface area (Å²) in [5.74, 6) is 0.159. The molecule has 9 nitrogen and oxygen atoms in total. The zero-order chi connectivity index (χ0) is 25.4. The molecule has 0 aliphatic carbocycles. The maximum atomic E-state index is 13.9. The molecule has 194 valence electrons. The molecule has 0 amide bonds. The number of hydrogen-bond donors (Lipinski definition) is 1. The number of hydrogen-bond acceptors (Lipinski definition) is 8. The number of nitrogen functional groups attached to an aromatic ring is 1. The van der Waals surface area contributed by atoms with Crippen molar-refractivity contribution in [3.05, 3.63) is 34.6 Å². The minimum absolute atomic E-state index is 0.121. The Hall–Kier alpha value is -2.67. The van der Waals surface area contributed by atoms with E-state index in [0.717, 1.165) is 50.6 Å². The van der Waals surface area contributed by atoms with Crippen molar-refractivity contribution < 1.29 is 17.9 Å². The molecule has 0 aromatic carbocycles. The number of rotatable bonds is 5. The van der Waals surface area contributed by atoms with Gasteiger partial charge in [-0.25, -0.2) is 14.5 Å². The van der Waals surface area contributed by atoms with Crippen LogP contribution in [0.4, 0.5) is 24.8 Å². The summed E-state index contributed by atoms with van der Waals surface area (Å²) in [6, 6.07) is 2.74. The van der Waals surface area contributed by atoms with E-state index in [9.17, 15) is 13.2 Å². The highest BCUT2D eigenvalue weighted by atomic mass is 35.5. The highest BCUT2D eigenvalue weighted by molar-refractivity contribution is 6.30. The lowest BCUT2D eigenvalue weighted by molar-refractivity contribution is -0.137. The highest BCUT2D eigenvalue weighted by Gasteiger charge is 2.36. The van der Waals surface area contributed by atoms with Crippen molar-refractivity contribution in [2.24, 2.45) is 0 Å². The van der Waals surface area contributed by atoms with Crippen LogP contribution in [0.5, 0.6) is 0 Å². The van der Waals surface area contributed by atoms with Crippen LogP contribution in [0, 0.1) is 0 Å². The Morgan fingerprint density at radius 2 is 1.75 bits per heavy atom. The Morgan fingerprint density at radius 1 is 1.06 bits per heavy atom. The first-order valence-corrected chi connectivity index (χ1v) is 12.3. The third kappa shape index (κ3) is 4.95. The van der Waals surface area contributed by atoms with Crippen LogP contribution < -0.4 is 10.6 Å². The van der Waals surface area contributed by atoms with Crippen LogP contribution in [0.2, 0.25) is 5.15 Å². The van der Waals surface area contributed by atoms with Gasteiger partial charge in [-0.1, -0.05) is 18.5 Å². The number of piperazine rings is 1. The van der Waals surface area contributed by atoms with Crippen molar-refractivity contribution in [1.29, 1.82) is 0 Å². The molecule has 3 aromatic heterocycles. The van der Waals surface area contributed by atoms with E-state index in [1.54, 1.807) is 0 Å². The highest BCUT2D eigenvalue weighted by Crippen LogP contribution is 2.38. The van der Waals surface area contributed by atoms with E-state index in [2.05, 4.69) is 31.8 Å². The number of morpholine rings is 1. The predicted octanol–water partition coefficient (Wildman–Crippen LogP) is 3.02. The number of anilines is 2. The van der Waals surface area contributed by atoms with E-state index in [0.29, 0.717) is 49.3 Å². The molecule has 0 spiro atoms. The minimum atomic E-state index is -4.66. The number of ether oxygens (including phenoxy) is 1. The second-order valence-corrected chi connectivity index (χ2v) is 9.34. The van der Waals surface area contributed by atoms with Gasteiger partial charge >= 0.3 is 6.18 Å². The van der Waals surface area contributed by atoms with Crippen molar-refractivity contribution in [2.45, 2.75) is 19.6 Å². The Balaban J connectivity index is 1.60. The zero-order valence-corrected chi connectivity index (χ0v) is 20.7. The first-order chi connectivity index (χ1) is 17.2. The second-order valence-electron chi connectivity index (χ2n) is 8.98. The fourth-order valence-electron chi connectivity index (χ4n) is 4.68. The van der Waals surface area contributed by atoms with Gasteiger partial charge in [0.2, 0.25) is 0 Å². The molecule has 2 fully saturated rings. The maximum Gasteiger partial charge on any atom is 0.417 e. The van der Waals surface area contributed by atoms with E-state index in [1.165, 1.54) is 4.52 Å². The average molecular weight is 525 g/mol. The summed E-state index contributed by atoms with van der Waals surface area (Å²) in [5, 5.41) is 4.81. The van der Waals surface area contributed by atoms with Gasteiger partial charge in [0.05, 0.1) is 24.3 Å². The van der Waals surface area contributed by atoms with Crippen LogP contribution in [0.3, 0.4) is 0 Å². The molecule has 2 N–H and O–H groups in total. The van der Waals surface area contributed by atoms with Crippen LogP contribution >= 0.6 is 11.6 Å². The van der Waals surface area contributed by atoms with E-state index in [1.807, 2.05) is 11.0 Å². The quantitative estimate of drug-likeness (QED) is 0.545. The monoisotopic (exact) mass is 524 g/mol. The number of halogens is 4. The standard InChI is InChI=1S/C23H28ClF3N8O/c1-2-32-3-5-33(6-4-32)14-15-11-18-22(34-7-9-36-10-8-34)30-21(31-35(18)20(15)24)16-13-29-19(28)12-17(16)23(25,26)27/h11-13H,2-10,14H2,1H3,(H2,28,29). The Bertz CT molecular complexity index is 1240. The van der Waals surface area contributed by atoms with Gasteiger partial charge in [-0.15, -0.1) is 5.10 Å². The molecule has 5 rings (SSSR count). The first-order valence-electron chi connectivity index (χ1n) is 11.9. The van der Waals surface area contributed by atoms with Gasteiger partial charge in [0.25, 0.3) is 0 Å². The summed E-state index contributed by atoms with van der Waals surface area (Å²) in [7, 11) is 0. The van der Waals surface area contributed by atoms with Crippen LogP contribution in [0.25, 0.3) is 16.9 Å². The van der Waals surface area contributed by atoms with Gasteiger partial charge in [-0.3, -0.25) is 4.90 Å². The van der Waals surface area contributed by atoms with E-state index >= 15 is 0 Å². The third-order valence-electron chi connectivity index (χ3n) is 6.71. The summed E-state index contributed by atoms with van der Waals surface area (Å²) in [5.41, 5.74) is 5.86. The van der Waals surface area contributed by atoms with Crippen molar-refractivity contribution in [3.8, 4) is 11.4 Å². The van der Waals surface area contributed by atoms with Crippen molar-refractivity contribution in [2.75, 3.05) is 69.7 Å². The summed E-state index contributed by atoms with van der Waals surface area (Å²) >= 11 is 6.79. The van der Waals surface area contributed by atoms with Gasteiger partial charge in [0.1, 0.15) is 16.5 Å². The molecule has 2 saturated heterocycles. The van der Waals surface area contributed by atoms with Crippen molar-refractivity contribution in [1.82, 2.24) is 29.4 Å². The van der Waals surface area contributed by atoms with Crippen molar-refractivity contribution in [3.63, 3.8) is 0 Å². The largest absolute Gasteiger partial charge is 0.417 e. The summed E-state index contributed by atoms with van der Waals surface area (Å²) in [6.45, 7) is 9.66. The Labute approximate surface area is 211 Å². The van der Waals surface area contributed by atoms with Gasteiger partial charge in [0.15, 0.2) is 11.6 Å². The van der Waals surface area contributed by atoms with Gasteiger partial charge in [-0.2, -0.15) is 13.2 Å². The van der Waals surface area contributed by atoms with Gasteiger partial charge in [0, 0.05) is 57.6 Å². The number of nitrogens with zero attached hydrogens (tertiary/aromatic N) is 7. The molecular weight excluding hydrogens is 497 g/mol. The smallest absolute Gasteiger partial charge is 0.384 e. The molecule has 0 bridgehead atoms. The summed E-state index contributed by atoms with van der Waals surface area (Å²) in [6.07, 6.45) is -3.59. The van der Waals surface area contributed by atoms with E-state index in [4.69, 9.17) is 22.1 Å². The van der Waals surface area contributed by atoms with Crippen LogP contribution in [-0.4, -0.2) is 88.4 Å². The lowest BCUT2D eigenvalue weighted by atomic mass is 10.1. The second kappa shape index (κ2) is 10.0. The van der Waals surface area contributed by atoms with Crippen molar-refractivity contribution >= 4 is 28.8 Å². The Morgan fingerprint density at radius 3 is 2.42 bits per heavy atom. The van der Waals surface area contributed by atoms with Crippen LogP contribution in [0.1, 0.15) is 18.1 Å². The van der Waals surface area contributed by atoms with Crippen LogP contribution in [0.15, 0.2) is 18.3 Å². The molecule has 36 heavy (non-hydrogen) atoms. The molecule has 2 aliphatic heterocycles. The molecule has 0 unspecified atom stereocenters. The zero-order valence-electron chi connectivity index (χ0n) is 19.9. The molecule has 0 saturated carbocycles. The van der Waals surface area contributed by atoms with E-state index in [-0.39, 0.29) is 17.2 Å². The van der Waals surface area contributed by atoms with Gasteiger partial charge < -0.3 is 20.3 Å². The topological polar surface area (TPSA) is 88.0 Å². The molecule has 2 aliphatic rings. The molecule has 13 heteroatoms. The fourth-order valence-corrected chi connectivity index (χ4v) is 4.92. The molecule has 5 heterocycles. The normalized spacial score (nSPS) is 18.3. The SMILES string of the molecule is CCN1CCN(Cc2cc3c(N4CCOCC4)nc(-c4cnc(N)cc4C(F)(F)F)nn3c2Cl)CC1. The molecule has 0 atom stereocenters. The number of nitrogens with two attached hydrogens (primary N) is 1. The number of likely N-dealkylation sites (N-methyl/N-ethyl adjacent to an activating group) is 1. The summed E-state index contributed by atoms with van der Waals surface area (Å²) in [4.78, 5) is 15.2. The van der Waals surface area contributed by atoms with Gasteiger partial charge in [-0.05, 0) is 18.7 Å². The number of alkyl halides is 3. The summed E-state index contributed by atoms with van der Waals surface area (Å²) < 4.78 is 48.6. The van der Waals surface area contributed by atoms with Crippen LogP contribution in [-0.2, 0) is 17.5 Å². The number of aromatic nitrogens is 4. The Kier molecular flexibility index (Phi) is 6.95. The third-order valence-corrected chi connectivity index (χ3v) is 7.12. The molecule has 3 aromatic rings. The first kappa shape index (κ1) is 25.0. The predicted molar refractivity (Wildman–Crippen MR) is 131 cm³/mol. The minimum Gasteiger partial charge on any atom is -0.384 e. The molecular formula is C23H28ClF3N8O. The lowest BCUT2D eigenvalue weighted by Crippen LogP contribution is -2.45. The van der Waals surface area contributed by atoms with E-state index < -0.39 is 11.7 Å². The number of fused-ring (bicyclic) bond motifs is 1. The molecule has 0 radical (unpaired) electrons. The average Bonchev–Trinajstić information content (AvgIpc) is 3.19. The number of pyridine rings is 1. The fraction of sp³-hybridized carbons (Fsp3) is 0.522. The maximum absolute atomic E-state index is 13.9. The lowest BCUT2D eigenvalue weighted by Gasteiger charge is -2.33.